The van der Waals surface area contributed by atoms with Gasteiger partial charge in [0.15, 0.2) is 0 Å². The summed E-state index contributed by atoms with van der Waals surface area (Å²) < 4.78 is 11.8. The van der Waals surface area contributed by atoms with Crippen molar-refractivity contribution >= 4 is 0 Å². The molecule has 0 radical (unpaired) electrons. The molecule has 4 rings (SSSR count). The number of hydrogen-bond donors (Lipinski definition) is 2. The largest absolute Gasteiger partial charge is 0.493 e. The second-order valence-corrected chi connectivity index (χ2v) is 8.43. The van der Waals surface area contributed by atoms with Crippen LogP contribution in [0.4, 0.5) is 0 Å². The van der Waals surface area contributed by atoms with E-state index in [9.17, 15) is 5.11 Å². The van der Waals surface area contributed by atoms with Crippen LogP contribution in [0.25, 0.3) is 0 Å². The maximum atomic E-state index is 10.2. The van der Waals surface area contributed by atoms with E-state index in [-0.39, 0.29) is 0 Å². The highest BCUT2D eigenvalue weighted by Gasteiger charge is 2.22. The van der Waals surface area contributed by atoms with Crippen LogP contribution in [0.15, 0.2) is 48.5 Å². The van der Waals surface area contributed by atoms with Crippen molar-refractivity contribution in [2.24, 2.45) is 0 Å². The van der Waals surface area contributed by atoms with Crippen molar-refractivity contribution in [3.05, 3.63) is 59.7 Å². The van der Waals surface area contributed by atoms with Gasteiger partial charge in [-0.1, -0.05) is 55.7 Å². The Morgan fingerprint density at radius 3 is 2.72 bits per heavy atom. The van der Waals surface area contributed by atoms with Gasteiger partial charge in [-0.05, 0) is 49.4 Å². The van der Waals surface area contributed by atoms with Crippen molar-refractivity contribution in [1.29, 1.82) is 0 Å². The van der Waals surface area contributed by atoms with E-state index in [1.807, 2.05) is 18.2 Å². The highest BCUT2D eigenvalue weighted by molar-refractivity contribution is 5.43. The van der Waals surface area contributed by atoms with Crippen LogP contribution in [-0.4, -0.2) is 37.0 Å². The minimum atomic E-state index is -0.453. The molecule has 0 saturated heterocycles. The fraction of sp³-hybridized carbons (Fsp3) is 0.520. The zero-order chi connectivity index (χ0) is 19.9. The molecule has 2 N–H and O–H groups in total. The monoisotopic (exact) mass is 395 g/mol. The average Bonchev–Trinajstić information content (AvgIpc) is 2.78. The Morgan fingerprint density at radius 1 is 1.07 bits per heavy atom. The molecule has 2 unspecified atom stereocenters. The molecule has 1 fully saturated rings. The number of nitrogens with one attached hydrogen (secondary N) is 1. The van der Waals surface area contributed by atoms with E-state index < -0.39 is 6.10 Å². The third-order valence-electron chi connectivity index (χ3n) is 6.17. The third kappa shape index (κ3) is 5.74. The Hall–Kier alpha value is -2.04. The number of rotatable bonds is 8. The molecule has 0 amide bonds. The molecule has 1 aliphatic carbocycles. The van der Waals surface area contributed by atoms with Crippen LogP contribution in [0.3, 0.4) is 0 Å². The molecule has 2 aromatic carbocycles. The zero-order valence-electron chi connectivity index (χ0n) is 17.2. The summed E-state index contributed by atoms with van der Waals surface area (Å²) in [5.74, 6) is 2.07. The van der Waals surface area contributed by atoms with Crippen LogP contribution in [0.1, 0.15) is 55.6 Å². The highest BCUT2D eigenvalue weighted by Crippen LogP contribution is 2.34. The van der Waals surface area contributed by atoms with Crippen LogP contribution in [0, 0.1) is 0 Å². The van der Waals surface area contributed by atoms with Crippen molar-refractivity contribution < 1.29 is 14.6 Å². The fourth-order valence-corrected chi connectivity index (χ4v) is 4.42. The lowest BCUT2D eigenvalue weighted by Gasteiger charge is -2.26. The van der Waals surface area contributed by atoms with Gasteiger partial charge in [0.1, 0.15) is 18.1 Å². The molecule has 2 atom stereocenters. The van der Waals surface area contributed by atoms with Crippen molar-refractivity contribution in [2.45, 2.75) is 63.0 Å². The van der Waals surface area contributed by atoms with Crippen molar-refractivity contribution in [2.75, 3.05) is 19.8 Å². The van der Waals surface area contributed by atoms with E-state index in [0.717, 1.165) is 30.9 Å². The number of hydrogen-bond acceptors (Lipinski definition) is 4. The van der Waals surface area contributed by atoms with E-state index in [4.69, 9.17) is 9.47 Å². The maximum absolute atomic E-state index is 10.2. The number of aliphatic hydroxyl groups is 1. The summed E-state index contributed by atoms with van der Waals surface area (Å²) in [4.78, 5) is 0. The molecule has 29 heavy (non-hydrogen) atoms. The maximum Gasteiger partial charge on any atom is 0.126 e. The SMILES string of the molecule is OC(CCNC1CCCCC1)COc1ccc2c(c1)OCC(c1ccccc1)C2. The molecule has 156 valence electrons. The Morgan fingerprint density at radius 2 is 1.90 bits per heavy atom. The Bertz CT molecular complexity index is 758. The average molecular weight is 396 g/mol. The summed E-state index contributed by atoms with van der Waals surface area (Å²) in [7, 11) is 0. The summed E-state index contributed by atoms with van der Waals surface area (Å²) in [5.41, 5.74) is 2.54. The molecule has 0 aromatic heterocycles. The van der Waals surface area contributed by atoms with Crippen molar-refractivity contribution in [3.63, 3.8) is 0 Å². The van der Waals surface area contributed by atoms with Gasteiger partial charge in [-0.15, -0.1) is 0 Å². The van der Waals surface area contributed by atoms with Crippen molar-refractivity contribution in [3.8, 4) is 11.5 Å². The summed E-state index contributed by atoms with van der Waals surface area (Å²) in [6.07, 6.45) is 7.81. The van der Waals surface area contributed by atoms with Gasteiger partial charge in [-0.25, -0.2) is 0 Å². The highest BCUT2D eigenvalue weighted by atomic mass is 16.5. The first-order valence-corrected chi connectivity index (χ1v) is 11.1. The lowest BCUT2D eigenvalue weighted by molar-refractivity contribution is 0.0984. The van der Waals surface area contributed by atoms with Gasteiger partial charge < -0.3 is 19.9 Å². The predicted molar refractivity (Wildman–Crippen MR) is 116 cm³/mol. The van der Waals surface area contributed by atoms with Gasteiger partial charge in [0.2, 0.25) is 0 Å². The molecule has 4 nitrogen and oxygen atoms in total. The first-order valence-electron chi connectivity index (χ1n) is 11.1. The topological polar surface area (TPSA) is 50.7 Å². The molecule has 1 heterocycles. The van der Waals surface area contributed by atoms with Crippen molar-refractivity contribution in [1.82, 2.24) is 5.32 Å². The number of benzene rings is 2. The minimum Gasteiger partial charge on any atom is -0.493 e. The second kappa shape index (κ2) is 10.1. The quantitative estimate of drug-likeness (QED) is 0.693. The molecule has 0 spiro atoms. The van der Waals surface area contributed by atoms with E-state index in [1.165, 1.54) is 43.2 Å². The van der Waals surface area contributed by atoms with Crippen LogP contribution in [-0.2, 0) is 6.42 Å². The summed E-state index contributed by atoms with van der Waals surface area (Å²) in [6, 6.07) is 17.2. The third-order valence-corrected chi connectivity index (χ3v) is 6.17. The smallest absolute Gasteiger partial charge is 0.126 e. The molecule has 4 heteroatoms. The van der Waals surface area contributed by atoms with Crippen LogP contribution in [0.2, 0.25) is 0 Å². The van der Waals surface area contributed by atoms with Gasteiger partial charge >= 0.3 is 0 Å². The molecular formula is C25H33NO3. The van der Waals surface area contributed by atoms with Crippen LogP contribution >= 0.6 is 0 Å². The van der Waals surface area contributed by atoms with Crippen LogP contribution < -0.4 is 14.8 Å². The molecule has 0 bridgehead atoms. The summed E-state index contributed by atoms with van der Waals surface area (Å²) in [5, 5.41) is 13.8. The van der Waals surface area contributed by atoms with Gasteiger partial charge in [0, 0.05) is 18.0 Å². The molecule has 1 saturated carbocycles. The molecular weight excluding hydrogens is 362 g/mol. The molecule has 1 aliphatic heterocycles. The van der Waals surface area contributed by atoms with E-state index in [0.29, 0.717) is 25.2 Å². The Kier molecular flexibility index (Phi) is 7.07. The second-order valence-electron chi connectivity index (χ2n) is 8.43. The standard InChI is InChI=1S/C25H33NO3/c27-23(13-14-26-22-9-5-2-6-10-22)18-28-24-12-11-20-15-21(17-29-25(20)16-24)19-7-3-1-4-8-19/h1,3-4,7-8,11-12,16,21-23,26-27H,2,5-6,9-10,13-15,17-18H2. The Balaban J connectivity index is 1.22. The Labute approximate surface area is 174 Å². The van der Waals surface area contributed by atoms with E-state index >= 15 is 0 Å². The number of fused-ring (bicyclic) bond motifs is 1. The summed E-state index contributed by atoms with van der Waals surface area (Å²) >= 11 is 0. The zero-order valence-corrected chi connectivity index (χ0v) is 17.2. The van der Waals surface area contributed by atoms with Gasteiger partial charge in [-0.3, -0.25) is 0 Å². The first kappa shape index (κ1) is 20.2. The van der Waals surface area contributed by atoms with E-state index in [2.05, 4.69) is 35.6 Å². The summed E-state index contributed by atoms with van der Waals surface area (Å²) in [6.45, 7) is 1.86. The fourth-order valence-electron chi connectivity index (χ4n) is 4.42. The van der Waals surface area contributed by atoms with Gasteiger partial charge in [0.25, 0.3) is 0 Å². The van der Waals surface area contributed by atoms with Gasteiger partial charge in [-0.2, -0.15) is 0 Å². The van der Waals surface area contributed by atoms with Gasteiger partial charge in [0.05, 0.1) is 12.7 Å². The van der Waals surface area contributed by atoms with Crippen LogP contribution in [0.5, 0.6) is 11.5 Å². The first-order chi connectivity index (χ1) is 14.3. The number of ether oxygens (including phenoxy) is 2. The minimum absolute atomic E-state index is 0.317. The normalized spacial score (nSPS) is 20.5. The molecule has 2 aliphatic rings. The predicted octanol–water partition coefficient (Wildman–Crippen LogP) is 4.46. The molecule has 2 aromatic rings. The van der Waals surface area contributed by atoms with E-state index in [1.54, 1.807) is 0 Å². The lowest BCUT2D eigenvalue weighted by atomic mass is 9.90. The lowest BCUT2D eigenvalue weighted by Crippen LogP contribution is -2.34. The number of aliphatic hydroxyl groups excluding tert-OH is 1.